The predicted molar refractivity (Wildman–Crippen MR) is 145 cm³/mol. The third-order valence-corrected chi connectivity index (χ3v) is 7.24. The normalized spacial score (nSPS) is 15.8. The number of nitrogens with one attached hydrogen (secondary N) is 2. The largest absolute Gasteiger partial charge is 0.366 e. The summed E-state index contributed by atoms with van der Waals surface area (Å²) in [4.78, 5) is 24.3. The number of aromatic nitrogens is 4. The van der Waals surface area contributed by atoms with Gasteiger partial charge in [-0.1, -0.05) is 23.8 Å². The van der Waals surface area contributed by atoms with E-state index in [1.807, 2.05) is 37.1 Å². The number of pyridine rings is 1. The number of halogens is 1. The third-order valence-electron chi connectivity index (χ3n) is 6.68. The van der Waals surface area contributed by atoms with Crippen molar-refractivity contribution >= 4 is 39.1 Å². The lowest BCUT2D eigenvalue weighted by Crippen LogP contribution is -2.42. The highest BCUT2D eigenvalue weighted by Crippen LogP contribution is 2.31. The zero-order valence-corrected chi connectivity index (χ0v) is 22.3. The maximum absolute atomic E-state index is 13.2. The van der Waals surface area contributed by atoms with E-state index < -0.39 is 0 Å². The molecule has 4 heterocycles. The highest BCUT2D eigenvalue weighted by molar-refractivity contribution is 9.10. The van der Waals surface area contributed by atoms with E-state index in [9.17, 15) is 4.79 Å². The van der Waals surface area contributed by atoms with Crippen LogP contribution in [-0.4, -0.2) is 43.6 Å². The molecule has 0 bridgehead atoms. The summed E-state index contributed by atoms with van der Waals surface area (Å²) in [6.07, 6.45) is 7.27. The maximum atomic E-state index is 13.2. The Morgan fingerprint density at radius 3 is 2.72 bits per heavy atom. The molecule has 1 aromatic carbocycles. The van der Waals surface area contributed by atoms with Crippen molar-refractivity contribution in [2.75, 3.05) is 23.7 Å². The Labute approximate surface area is 219 Å². The molecule has 0 aliphatic carbocycles. The topological polar surface area (TPSA) is 87.5 Å². The van der Waals surface area contributed by atoms with E-state index in [0.29, 0.717) is 13.1 Å². The van der Waals surface area contributed by atoms with E-state index in [-0.39, 0.29) is 11.9 Å². The molecule has 1 unspecified atom stereocenters. The van der Waals surface area contributed by atoms with Gasteiger partial charge in [0.15, 0.2) is 5.65 Å². The number of fused-ring (bicyclic) bond motifs is 1. The van der Waals surface area contributed by atoms with E-state index in [1.54, 1.807) is 16.9 Å². The Balaban J connectivity index is 1.37. The quantitative estimate of drug-likeness (QED) is 0.328. The number of hydrogen-bond donors (Lipinski definition) is 2. The van der Waals surface area contributed by atoms with Crippen molar-refractivity contribution in [1.29, 1.82) is 0 Å². The number of urea groups is 1. The summed E-state index contributed by atoms with van der Waals surface area (Å²) < 4.78 is 2.64. The van der Waals surface area contributed by atoms with Gasteiger partial charge in [-0.2, -0.15) is 9.61 Å². The van der Waals surface area contributed by atoms with Crippen molar-refractivity contribution < 1.29 is 4.79 Å². The number of aryl methyl sites for hydroxylation is 3. The third kappa shape index (κ3) is 5.06. The number of likely N-dealkylation sites (tertiary alicyclic amines) is 1. The van der Waals surface area contributed by atoms with Crippen LogP contribution in [0.4, 0.5) is 16.3 Å². The van der Waals surface area contributed by atoms with E-state index in [4.69, 9.17) is 4.98 Å². The molecule has 9 heteroatoms. The molecule has 36 heavy (non-hydrogen) atoms. The summed E-state index contributed by atoms with van der Waals surface area (Å²) >= 11 is 3.59. The van der Waals surface area contributed by atoms with Crippen LogP contribution in [0, 0.1) is 20.8 Å². The van der Waals surface area contributed by atoms with Gasteiger partial charge < -0.3 is 15.5 Å². The second-order valence-electron chi connectivity index (χ2n) is 9.50. The van der Waals surface area contributed by atoms with Gasteiger partial charge in [-0.05, 0) is 72.3 Å². The number of benzene rings is 1. The van der Waals surface area contributed by atoms with Crippen molar-refractivity contribution in [2.24, 2.45) is 0 Å². The number of carbonyl (C=O) groups is 1. The van der Waals surface area contributed by atoms with Crippen molar-refractivity contribution in [3.63, 3.8) is 0 Å². The number of anilines is 2. The molecule has 1 fully saturated rings. The number of nitrogens with zero attached hydrogens (tertiary/aromatic N) is 5. The summed E-state index contributed by atoms with van der Waals surface area (Å²) in [5.41, 5.74) is 7.05. The first kappa shape index (κ1) is 24.2. The summed E-state index contributed by atoms with van der Waals surface area (Å²) in [5, 5.41) is 11.1. The molecule has 2 N–H and O–H groups in total. The number of rotatable bonds is 5. The smallest absolute Gasteiger partial charge is 0.321 e. The fraction of sp³-hybridized carbons (Fsp3) is 0.333. The minimum atomic E-state index is -0.0590. The molecule has 1 saturated heterocycles. The van der Waals surface area contributed by atoms with Gasteiger partial charge in [0.1, 0.15) is 5.82 Å². The molecule has 186 valence electrons. The number of piperidine rings is 1. The molecule has 3 aromatic heterocycles. The Kier molecular flexibility index (Phi) is 6.91. The van der Waals surface area contributed by atoms with E-state index in [0.717, 1.165) is 63.4 Å². The summed E-state index contributed by atoms with van der Waals surface area (Å²) in [5.74, 6) is 0.993. The molecule has 2 amide bonds. The van der Waals surface area contributed by atoms with Gasteiger partial charge in [-0.15, -0.1) is 0 Å². The van der Waals surface area contributed by atoms with Crippen molar-refractivity contribution in [3.8, 4) is 0 Å². The average Bonchev–Trinajstić information content (AvgIpc) is 3.26. The van der Waals surface area contributed by atoms with Gasteiger partial charge in [0.2, 0.25) is 0 Å². The average molecular weight is 548 g/mol. The first-order chi connectivity index (χ1) is 17.4. The molecular weight excluding hydrogens is 518 g/mol. The van der Waals surface area contributed by atoms with E-state index >= 15 is 0 Å². The molecule has 8 nitrogen and oxygen atoms in total. The van der Waals surface area contributed by atoms with E-state index in [2.05, 4.69) is 61.8 Å². The van der Waals surface area contributed by atoms with Gasteiger partial charge in [0.25, 0.3) is 0 Å². The van der Waals surface area contributed by atoms with Crippen LogP contribution < -0.4 is 10.6 Å². The Morgan fingerprint density at radius 2 is 1.97 bits per heavy atom. The first-order valence-corrected chi connectivity index (χ1v) is 13.0. The number of hydrogen-bond acceptors (Lipinski definition) is 5. The van der Waals surface area contributed by atoms with Crippen LogP contribution in [-0.2, 0) is 6.54 Å². The molecule has 1 aliphatic rings. The van der Waals surface area contributed by atoms with Crippen LogP contribution in [0.3, 0.4) is 0 Å². The van der Waals surface area contributed by atoms with Gasteiger partial charge in [0, 0.05) is 49.7 Å². The second kappa shape index (κ2) is 10.3. The van der Waals surface area contributed by atoms with Crippen LogP contribution in [0.5, 0.6) is 0 Å². The van der Waals surface area contributed by atoms with Gasteiger partial charge in [-0.3, -0.25) is 4.98 Å². The lowest BCUT2D eigenvalue weighted by molar-refractivity contribution is 0.192. The molecule has 0 radical (unpaired) electrons. The van der Waals surface area contributed by atoms with E-state index in [1.165, 1.54) is 5.56 Å². The maximum Gasteiger partial charge on any atom is 0.321 e. The number of carbonyl (C=O) groups excluding carboxylic acids is 1. The van der Waals surface area contributed by atoms with Crippen molar-refractivity contribution in [2.45, 2.75) is 46.1 Å². The van der Waals surface area contributed by atoms with Crippen molar-refractivity contribution in [3.05, 3.63) is 81.3 Å². The first-order valence-electron chi connectivity index (χ1n) is 12.2. The zero-order valence-electron chi connectivity index (χ0n) is 20.8. The lowest BCUT2D eigenvalue weighted by Gasteiger charge is -2.33. The van der Waals surface area contributed by atoms with Crippen LogP contribution in [0.1, 0.15) is 46.7 Å². The zero-order chi connectivity index (χ0) is 25.2. The van der Waals surface area contributed by atoms with Gasteiger partial charge in [0.05, 0.1) is 16.4 Å². The molecule has 0 saturated carbocycles. The molecule has 1 aliphatic heterocycles. The Bertz CT molecular complexity index is 1380. The van der Waals surface area contributed by atoms with Gasteiger partial charge in [-0.25, -0.2) is 9.78 Å². The molecule has 5 rings (SSSR count). The standard InChI is InChI=1S/C27H30BrN7O/c1-17-10-18(2)25(19(3)11-17)33-27(36)34-9-5-7-21(16-34)23-12-24(30-14-20-6-4-8-29-13-20)35-26(32-23)22(28)15-31-35/h4,6,8,10-13,15,21,30H,5,7,9,14,16H2,1-3H3,(H,33,36). The number of amides is 2. The molecular formula is C27H30BrN7O. The highest BCUT2D eigenvalue weighted by Gasteiger charge is 2.27. The fourth-order valence-electron chi connectivity index (χ4n) is 4.95. The predicted octanol–water partition coefficient (Wildman–Crippen LogP) is 5.84. The van der Waals surface area contributed by atoms with Gasteiger partial charge >= 0.3 is 6.03 Å². The minimum Gasteiger partial charge on any atom is -0.366 e. The molecule has 0 spiro atoms. The second-order valence-corrected chi connectivity index (χ2v) is 10.4. The fourth-order valence-corrected chi connectivity index (χ4v) is 5.30. The molecule has 1 atom stereocenters. The summed E-state index contributed by atoms with van der Waals surface area (Å²) in [7, 11) is 0. The Morgan fingerprint density at radius 1 is 1.17 bits per heavy atom. The van der Waals surface area contributed by atoms with Crippen LogP contribution in [0.15, 0.2) is 53.4 Å². The minimum absolute atomic E-state index is 0.0590. The summed E-state index contributed by atoms with van der Waals surface area (Å²) in [6, 6.07) is 10.2. The highest BCUT2D eigenvalue weighted by atomic mass is 79.9. The van der Waals surface area contributed by atoms with Crippen LogP contribution in [0.25, 0.3) is 5.65 Å². The lowest BCUT2D eigenvalue weighted by atomic mass is 9.94. The van der Waals surface area contributed by atoms with Crippen molar-refractivity contribution in [1.82, 2.24) is 24.5 Å². The van der Waals surface area contributed by atoms with Crippen LogP contribution >= 0.6 is 15.9 Å². The SMILES string of the molecule is Cc1cc(C)c(NC(=O)N2CCCC(c3cc(NCc4cccnc4)n4ncc(Br)c4n3)C2)c(C)c1. The molecule has 4 aromatic rings. The van der Waals surface area contributed by atoms with Crippen LogP contribution in [0.2, 0.25) is 0 Å². The summed E-state index contributed by atoms with van der Waals surface area (Å²) in [6.45, 7) is 8.12. The Hall–Kier alpha value is -3.46. The monoisotopic (exact) mass is 547 g/mol.